The van der Waals surface area contributed by atoms with E-state index in [2.05, 4.69) is 32.3 Å². The van der Waals surface area contributed by atoms with E-state index in [0.717, 1.165) is 24.2 Å². The number of rotatable bonds is 2. The molecule has 0 aromatic heterocycles. The third-order valence-corrected chi connectivity index (χ3v) is 9.00. The summed E-state index contributed by atoms with van der Waals surface area (Å²) in [5.41, 5.74) is 2.47. The van der Waals surface area contributed by atoms with Gasteiger partial charge in [-0.1, -0.05) is 25.5 Å². The Labute approximate surface area is 147 Å². The second-order valence-electron chi connectivity index (χ2n) is 9.77. The van der Waals surface area contributed by atoms with Crippen LogP contribution in [0.5, 0.6) is 0 Å². The first kappa shape index (κ1) is 16.8. The van der Waals surface area contributed by atoms with Gasteiger partial charge in [-0.05, 0) is 93.9 Å². The fourth-order valence-electron chi connectivity index (χ4n) is 7.58. The Bertz CT molecular complexity index is 566. The Morgan fingerprint density at radius 3 is 2.62 bits per heavy atom. The van der Waals surface area contributed by atoms with E-state index in [1.165, 1.54) is 44.9 Å². The van der Waals surface area contributed by atoms with Gasteiger partial charge in [0.15, 0.2) is 0 Å². The van der Waals surface area contributed by atoms with E-state index in [9.17, 15) is 4.79 Å². The Morgan fingerprint density at radius 1 is 1.12 bits per heavy atom. The molecule has 24 heavy (non-hydrogen) atoms. The van der Waals surface area contributed by atoms with Crippen molar-refractivity contribution in [3.8, 4) is 0 Å². The van der Waals surface area contributed by atoms with Crippen molar-refractivity contribution in [2.45, 2.75) is 78.2 Å². The van der Waals surface area contributed by atoms with Crippen molar-refractivity contribution in [2.75, 3.05) is 7.05 Å². The van der Waals surface area contributed by atoms with Gasteiger partial charge in [-0.15, -0.1) is 0 Å². The van der Waals surface area contributed by atoms with Gasteiger partial charge in [0, 0.05) is 12.0 Å². The molecule has 0 bridgehead atoms. The number of carbonyl (C=O) groups excluding carboxylic acids is 1. The maximum atomic E-state index is 12.2. The zero-order chi connectivity index (χ0) is 17.1. The second-order valence-corrected chi connectivity index (χ2v) is 9.77. The zero-order valence-electron chi connectivity index (χ0n) is 16.0. The lowest BCUT2D eigenvalue weighted by Crippen LogP contribution is -2.51. The van der Waals surface area contributed by atoms with Crippen molar-refractivity contribution in [3.63, 3.8) is 0 Å². The van der Waals surface area contributed by atoms with Crippen LogP contribution in [0.25, 0.3) is 0 Å². The van der Waals surface area contributed by atoms with Gasteiger partial charge in [0.1, 0.15) is 5.78 Å². The zero-order valence-corrected chi connectivity index (χ0v) is 16.0. The SMILES string of the molecule is CN[C@@H]1CC[C@@]2(C)C(=CC[C@@H]3[C@H]4CC[C@H](C(C)=O)[C@@]4(C)CC[C@@H]32)C1. The second kappa shape index (κ2) is 5.69. The van der Waals surface area contributed by atoms with Crippen molar-refractivity contribution in [1.82, 2.24) is 5.32 Å². The van der Waals surface area contributed by atoms with Crippen LogP contribution in [0.2, 0.25) is 0 Å². The van der Waals surface area contributed by atoms with Crippen LogP contribution in [0.15, 0.2) is 11.6 Å². The largest absolute Gasteiger partial charge is 0.317 e. The van der Waals surface area contributed by atoms with Crippen LogP contribution in [0, 0.1) is 34.5 Å². The number of carbonyl (C=O) groups is 1. The van der Waals surface area contributed by atoms with Gasteiger partial charge >= 0.3 is 0 Å². The number of allylic oxidation sites excluding steroid dienone is 1. The molecule has 0 aromatic carbocycles. The van der Waals surface area contributed by atoms with Crippen molar-refractivity contribution < 1.29 is 4.79 Å². The maximum absolute atomic E-state index is 12.2. The van der Waals surface area contributed by atoms with Crippen LogP contribution in [0.4, 0.5) is 0 Å². The lowest BCUT2D eigenvalue weighted by molar-refractivity contribution is -0.127. The molecule has 0 aliphatic heterocycles. The molecule has 0 spiro atoms. The van der Waals surface area contributed by atoms with Crippen molar-refractivity contribution >= 4 is 5.78 Å². The standard InChI is InChI=1S/C22H35NO/c1-14(24)18-7-8-19-17-6-5-15-13-16(23-4)9-11-21(15,2)20(17)10-12-22(18,19)3/h5,16-20,23H,6-13H2,1-4H3/t16-,17-,18-,19-,20+,21+,22-/m1/s1. The molecule has 3 fully saturated rings. The summed E-state index contributed by atoms with van der Waals surface area (Å²) in [6.45, 7) is 6.86. The van der Waals surface area contributed by atoms with E-state index in [1.807, 2.05) is 6.92 Å². The molecule has 0 amide bonds. The predicted octanol–water partition coefficient (Wildman–Crippen LogP) is 4.74. The summed E-state index contributed by atoms with van der Waals surface area (Å²) in [5, 5.41) is 3.51. The van der Waals surface area contributed by atoms with E-state index >= 15 is 0 Å². The molecule has 2 heteroatoms. The molecule has 7 atom stereocenters. The van der Waals surface area contributed by atoms with E-state index in [0.29, 0.717) is 23.2 Å². The molecular weight excluding hydrogens is 294 g/mol. The minimum Gasteiger partial charge on any atom is -0.317 e. The molecule has 4 aliphatic rings. The van der Waals surface area contributed by atoms with Gasteiger partial charge in [-0.2, -0.15) is 0 Å². The fourth-order valence-corrected chi connectivity index (χ4v) is 7.58. The van der Waals surface area contributed by atoms with Crippen LogP contribution < -0.4 is 5.32 Å². The molecule has 0 heterocycles. The van der Waals surface area contributed by atoms with Crippen molar-refractivity contribution in [3.05, 3.63) is 11.6 Å². The monoisotopic (exact) mass is 329 g/mol. The van der Waals surface area contributed by atoms with Crippen LogP contribution in [0.3, 0.4) is 0 Å². The summed E-state index contributed by atoms with van der Waals surface area (Å²) >= 11 is 0. The minimum absolute atomic E-state index is 0.289. The number of nitrogens with one attached hydrogen (secondary N) is 1. The number of Topliss-reactive ketones (excluding diaryl/α,β-unsaturated/α-hetero) is 1. The molecular formula is C22H35NO. The summed E-state index contributed by atoms with van der Waals surface area (Å²) in [6, 6.07) is 0.684. The van der Waals surface area contributed by atoms with Gasteiger partial charge in [-0.3, -0.25) is 4.79 Å². The topological polar surface area (TPSA) is 29.1 Å². The molecule has 0 saturated heterocycles. The van der Waals surface area contributed by atoms with Gasteiger partial charge in [0.2, 0.25) is 0 Å². The number of ketones is 1. The highest BCUT2D eigenvalue weighted by molar-refractivity contribution is 5.79. The summed E-state index contributed by atoms with van der Waals surface area (Å²) in [7, 11) is 2.12. The first-order valence-corrected chi connectivity index (χ1v) is 10.3. The molecule has 0 aromatic rings. The van der Waals surface area contributed by atoms with Gasteiger partial charge in [-0.25, -0.2) is 0 Å². The highest BCUT2D eigenvalue weighted by atomic mass is 16.1. The summed E-state index contributed by atoms with van der Waals surface area (Å²) in [5.74, 6) is 3.25. The number of fused-ring (bicyclic) bond motifs is 5. The smallest absolute Gasteiger partial charge is 0.133 e. The Morgan fingerprint density at radius 2 is 1.92 bits per heavy atom. The third-order valence-electron chi connectivity index (χ3n) is 9.00. The lowest BCUT2D eigenvalue weighted by atomic mass is 9.47. The summed E-state index contributed by atoms with van der Waals surface area (Å²) in [6.07, 6.45) is 12.9. The molecule has 2 nitrogen and oxygen atoms in total. The lowest BCUT2D eigenvalue weighted by Gasteiger charge is -2.58. The summed E-state index contributed by atoms with van der Waals surface area (Å²) < 4.78 is 0. The molecule has 0 unspecified atom stereocenters. The quantitative estimate of drug-likeness (QED) is 0.741. The Kier molecular flexibility index (Phi) is 3.99. The summed E-state index contributed by atoms with van der Waals surface area (Å²) in [4.78, 5) is 12.2. The van der Waals surface area contributed by atoms with Crippen molar-refractivity contribution in [2.24, 2.45) is 34.5 Å². The maximum Gasteiger partial charge on any atom is 0.133 e. The van der Waals surface area contributed by atoms with E-state index < -0.39 is 0 Å². The first-order valence-electron chi connectivity index (χ1n) is 10.3. The molecule has 0 radical (unpaired) electrons. The van der Waals surface area contributed by atoms with Gasteiger partial charge in [0.25, 0.3) is 0 Å². The Hall–Kier alpha value is -0.630. The highest BCUT2D eigenvalue weighted by Crippen LogP contribution is 2.66. The fraction of sp³-hybridized carbons (Fsp3) is 0.864. The molecule has 4 aliphatic carbocycles. The van der Waals surface area contributed by atoms with E-state index in [1.54, 1.807) is 5.57 Å². The van der Waals surface area contributed by atoms with Crippen LogP contribution >= 0.6 is 0 Å². The predicted molar refractivity (Wildman–Crippen MR) is 98.7 cm³/mol. The van der Waals surface area contributed by atoms with E-state index in [-0.39, 0.29) is 5.41 Å². The van der Waals surface area contributed by atoms with Crippen LogP contribution in [0.1, 0.15) is 72.1 Å². The van der Waals surface area contributed by atoms with Crippen LogP contribution in [-0.4, -0.2) is 18.9 Å². The Balaban J connectivity index is 1.63. The van der Waals surface area contributed by atoms with Gasteiger partial charge < -0.3 is 5.32 Å². The minimum atomic E-state index is 0.289. The van der Waals surface area contributed by atoms with Gasteiger partial charge in [0.05, 0.1) is 0 Å². The van der Waals surface area contributed by atoms with Crippen LogP contribution in [-0.2, 0) is 4.79 Å². The molecule has 1 N–H and O–H groups in total. The average Bonchev–Trinajstić information content (AvgIpc) is 2.91. The highest BCUT2D eigenvalue weighted by Gasteiger charge is 2.59. The normalized spacial score (nSPS) is 50.5. The molecule has 134 valence electrons. The van der Waals surface area contributed by atoms with E-state index in [4.69, 9.17) is 0 Å². The first-order chi connectivity index (χ1) is 11.4. The third kappa shape index (κ3) is 2.21. The average molecular weight is 330 g/mol. The van der Waals surface area contributed by atoms with Crippen molar-refractivity contribution in [1.29, 1.82) is 0 Å². The number of hydrogen-bond donors (Lipinski definition) is 1. The molecule has 3 saturated carbocycles. The molecule has 4 rings (SSSR count). The number of hydrogen-bond acceptors (Lipinski definition) is 2.